The molecular weight excluding hydrogens is 264 g/mol. The predicted octanol–water partition coefficient (Wildman–Crippen LogP) is 4.10. The van der Waals surface area contributed by atoms with Gasteiger partial charge in [-0.2, -0.15) is 0 Å². The summed E-state index contributed by atoms with van der Waals surface area (Å²) in [6.45, 7) is 8.29. The molecule has 2 rings (SSSR count). The molecule has 1 aromatic heterocycles. The first-order valence-corrected chi connectivity index (χ1v) is 8.01. The molecule has 106 valence electrons. The van der Waals surface area contributed by atoms with Crippen LogP contribution in [-0.4, -0.2) is 11.5 Å². The predicted molar refractivity (Wildman–Crippen MR) is 87.1 cm³/mol. The molecule has 0 atom stereocenters. The molecule has 0 radical (unpaired) electrons. The molecule has 0 saturated carbocycles. The second-order valence-corrected chi connectivity index (χ2v) is 6.07. The second-order valence-electron chi connectivity index (χ2n) is 5.07. The Balaban J connectivity index is 1.93. The van der Waals surface area contributed by atoms with Gasteiger partial charge >= 0.3 is 0 Å². The van der Waals surface area contributed by atoms with Gasteiger partial charge in [0.1, 0.15) is 0 Å². The third-order valence-electron chi connectivity index (χ3n) is 3.04. The molecule has 0 fully saturated rings. The number of aromatic nitrogens is 1. The molecule has 20 heavy (non-hydrogen) atoms. The number of hydrogen-bond donors (Lipinski definition) is 1. The van der Waals surface area contributed by atoms with Crippen LogP contribution in [0.5, 0.6) is 0 Å². The van der Waals surface area contributed by atoms with E-state index in [0.29, 0.717) is 0 Å². The molecule has 1 heterocycles. The lowest BCUT2D eigenvalue weighted by molar-refractivity contribution is 0.723. The zero-order valence-corrected chi connectivity index (χ0v) is 13.3. The van der Waals surface area contributed by atoms with Gasteiger partial charge in [0.15, 0.2) is 0 Å². The van der Waals surface area contributed by atoms with Crippen molar-refractivity contribution in [2.45, 2.75) is 38.1 Å². The zero-order valence-electron chi connectivity index (χ0n) is 12.4. The highest BCUT2D eigenvalue weighted by molar-refractivity contribution is 7.98. The molecule has 0 amide bonds. The molecular formula is C17H22N2S. The van der Waals surface area contributed by atoms with Crippen LogP contribution >= 0.6 is 11.8 Å². The van der Waals surface area contributed by atoms with Gasteiger partial charge in [-0.25, -0.2) is 4.98 Å². The second kappa shape index (κ2) is 7.46. The van der Waals surface area contributed by atoms with E-state index in [-0.39, 0.29) is 0 Å². The summed E-state index contributed by atoms with van der Waals surface area (Å²) in [5.74, 6) is 0.974. The average molecular weight is 286 g/mol. The first-order chi connectivity index (χ1) is 9.67. The van der Waals surface area contributed by atoms with Gasteiger partial charge in [-0.05, 0) is 37.6 Å². The van der Waals surface area contributed by atoms with Gasteiger partial charge in [0.2, 0.25) is 0 Å². The fourth-order valence-electron chi connectivity index (χ4n) is 2.18. The normalized spacial score (nSPS) is 10.8. The summed E-state index contributed by atoms with van der Waals surface area (Å²) < 4.78 is 0. The number of benzene rings is 1. The van der Waals surface area contributed by atoms with Crippen molar-refractivity contribution >= 4 is 11.8 Å². The van der Waals surface area contributed by atoms with E-state index in [1.165, 1.54) is 22.3 Å². The fraction of sp³-hybridized carbons (Fsp3) is 0.353. The Morgan fingerprint density at radius 3 is 2.40 bits per heavy atom. The van der Waals surface area contributed by atoms with Gasteiger partial charge in [-0.1, -0.05) is 42.3 Å². The van der Waals surface area contributed by atoms with Gasteiger partial charge in [0.25, 0.3) is 0 Å². The lowest BCUT2D eigenvalue weighted by atomic mass is 10.1. The highest BCUT2D eigenvalue weighted by atomic mass is 32.2. The van der Waals surface area contributed by atoms with Crippen molar-refractivity contribution in [2.75, 3.05) is 6.54 Å². The van der Waals surface area contributed by atoms with Gasteiger partial charge in [0.05, 0.1) is 5.03 Å². The number of aryl methyl sites for hydroxylation is 2. The van der Waals surface area contributed by atoms with E-state index in [0.717, 1.165) is 23.9 Å². The van der Waals surface area contributed by atoms with Gasteiger partial charge in [-0.3, -0.25) is 0 Å². The van der Waals surface area contributed by atoms with Crippen LogP contribution in [0.25, 0.3) is 0 Å². The summed E-state index contributed by atoms with van der Waals surface area (Å²) in [5.41, 5.74) is 5.26. The van der Waals surface area contributed by atoms with Crippen molar-refractivity contribution in [3.8, 4) is 0 Å². The van der Waals surface area contributed by atoms with Crippen molar-refractivity contribution in [1.82, 2.24) is 10.3 Å². The monoisotopic (exact) mass is 286 g/mol. The van der Waals surface area contributed by atoms with Crippen LogP contribution < -0.4 is 5.32 Å². The van der Waals surface area contributed by atoms with Crippen LogP contribution in [-0.2, 0) is 12.3 Å². The van der Waals surface area contributed by atoms with E-state index in [1.807, 2.05) is 6.20 Å². The van der Waals surface area contributed by atoms with Crippen molar-refractivity contribution in [1.29, 1.82) is 0 Å². The Labute approximate surface area is 126 Å². The van der Waals surface area contributed by atoms with Crippen LogP contribution in [0.4, 0.5) is 0 Å². The van der Waals surface area contributed by atoms with Crippen molar-refractivity contribution in [3.05, 3.63) is 58.8 Å². The lowest BCUT2D eigenvalue weighted by Crippen LogP contribution is -2.11. The molecule has 0 bridgehead atoms. The summed E-state index contributed by atoms with van der Waals surface area (Å²) in [4.78, 5) is 4.51. The molecule has 2 nitrogen and oxygen atoms in total. The molecule has 3 heteroatoms. The third-order valence-corrected chi connectivity index (χ3v) is 4.06. The number of hydrogen-bond acceptors (Lipinski definition) is 3. The number of nitrogens with zero attached hydrogens (tertiary/aromatic N) is 1. The van der Waals surface area contributed by atoms with E-state index < -0.39 is 0 Å². The molecule has 0 aliphatic heterocycles. The molecule has 1 N–H and O–H groups in total. The fourth-order valence-corrected chi connectivity index (χ4v) is 2.95. The Bertz CT molecular complexity index is 529. The smallest absolute Gasteiger partial charge is 0.0963 e. The maximum absolute atomic E-state index is 4.51. The minimum Gasteiger partial charge on any atom is -0.313 e. The highest BCUT2D eigenvalue weighted by Crippen LogP contribution is 2.22. The summed E-state index contributed by atoms with van der Waals surface area (Å²) in [6.07, 6.45) is 1.96. The molecule has 2 aromatic rings. The summed E-state index contributed by atoms with van der Waals surface area (Å²) in [7, 11) is 0. The van der Waals surface area contributed by atoms with Crippen LogP contribution in [0.3, 0.4) is 0 Å². The molecule has 0 unspecified atom stereocenters. The summed E-state index contributed by atoms with van der Waals surface area (Å²) in [5, 5.41) is 4.39. The Kier molecular flexibility index (Phi) is 5.62. The number of thioether (sulfide) groups is 1. The minimum absolute atomic E-state index is 0.894. The minimum atomic E-state index is 0.894. The highest BCUT2D eigenvalue weighted by Gasteiger charge is 2.00. The Hall–Kier alpha value is -1.32. The third kappa shape index (κ3) is 4.66. The zero-order chi connectivity index (χ0) is 14.4. The van der Waals surface area contributed by atoms with Gasteiger partial charge in [-0.15, -0.1) is 11.8 Å². The quantitative estimate of drug-likeness (QED) is 0.809. The number of pyridine rings is 1. The largest absolute Gasteiger partial charge is 0.313 e. The molecule has 0 saturated heterocycles. The van der Waals surface area contributed by atoms with Gasteiger partial charge in [0, 0.05) is 18.5 Å². The van der Waals surface area contributed by atoms with Crippen molar-refractivity contribution in [3.63, 3.8) is 0 Å². The summed E-state index contributed by atoms with van der Waals surface area (Å²) >= 11 is 1.79. The van der Waals surface area contributed by atoms with E-state index in [1.54, 1.807) is 11.8 Å². The van der Waals surface area contributed by atoms with E-state index in [4.69, 9.17) is 0 Å². The lowest BCUT2D eigenvalue weighted by Gasteiger charge is -2.06. The van der Waals surface area contributed by atoms with E-state index >= 15 is 0 Å². The van der Waals surface area contributed by atoms with Crippen LogP contribution in [0.15, 0.2) is 41.6 Å². The van der Waals surface area contributed by atoms with Crippen LogP contribution in [0.1, 0.15) is 29.2 Å². The Morgan fingerprint density at radius 1 is 1.05 bits per heavy atom. The van der Waals surface area contributed by atoms with E-state index in [9.17, 15) is 0 Å². The molecule has 0 aliphatic carbocycles. The van der Waals surface area contributed by atoms with Crippen molar-refractivity contribution < 1.29 is 0 Å². The molecule has 0 spiro atoms. The first-order valence-electron chi connectivity index (χ1n) is 7.03. The number of nitrogens with one attached hydrogen (secondary N) is 1. The SMILES string of the molecule is CCNCc1ccc(SCc2cc(C)cc(C)c2)nc1. The first kappa shape index (κ1) is 15.1. The van der Waals surface area contributed by atoms with E-state index in [2.05, 4.69) is 61.4 Å². The molecule has 1 aromatic carbocycles. The maximum atomic E-state index is 4.51. The number of rotatable bonds is 6. The summed E-state index contributed by atoms with van der Waals surface area (Å²) in [6, 6.07) is 11.0. The van der Waals surface area contributed by atoms with Crippen molar-refractivity contribution in [2.24, 2.45) is 0 Å². The van der Waals surface area contributed by atoms with Crippen LogP contribution in [0.2, 0.25) is 0 Å². The Morgan fingerprint density at radius 2 is 1.80 bits per heavy atom. The average Bonchev–Trinajstić information content (AvgIpc) is 2.43. The van der Waals surface area contributed by atoms with Gasteiger partial charge < -0.3 is 5.32 Å². The maximum Gasteiger partial charge on any atom is 0.0963 e. The topological polar surface area (TPSA) is 24.9 Å². The molecule has 0 aliphatic rings. The standard InChI is InChI=1S/C17H22N2S/c1-4-18-10-15-5-6-17(19-11-15)20-12-16-8-13(2)7-14(3)9-16/h5-9,11,18H,4,10,12H2,1-3H3. The van der Waals surface area contributed by atoms with Crippen LogP contribution in [0, 0.1) is 13.8 Å².